The maximum Gasteiger partial charge on any atom is 0.161 e. The zero-order valence-electron chi connectivity index (χ0n) is 16.8. The van der Waals surface area contributed by atoms with E-state index in [1.165, 1.54) is 11.1 Å². The normalized spacial score (nSPS) is 11.6. The van der Waals surface area contributed by atoms with Gasteiger partial charge in [0.15, 0.2) is 11.5 Å². The van der Waals surface area contributed by atoms with E-state index < -0.39 is 0 Å². The number of fused-ring (bicyclic) bond motifs is 1. The predicted molar refractivity (Wildman–Crippen MR) is 115 cm³/mol. The van der Waals surface area contributed by atoms with E-state index in [1.807, 2.05) is 54.6 Å². The second-order valence-corrected chi connectivity index (χ2v) is 6.87. The van der Waals surface area contributed by atoms with Gasteiger partial charge >= 0.3 is 0 Å². The molecule has 0 N–H and O–H groups in total. The lowest BCUT2D eigenvalue weighted by atomic mass is 10.1. The van der Waals surface area contributed by atoms with Gasteiger partial charge in [0.1, 0.15) is 11.3 Å². The average Bonchev–Trinajstić information content (AvgIpc) is 2.77. The molecule has 1 aromatic heterocycles. The number of methoxy groups -OCH3 is 2. The number of aryl methyl sites for hydroxylation is 1. The molecule has 0 bridgehead atoms. The van der Waals surface area contributed by atoms with Crippen molar-refractivity contribution in [2.24, 2.45) is 4.99 Å². The van der Waals surface area contributed by atoms with Crippen molar-refractivity contribution in [1.29, 1.82) is 0 Å². The Morgan fingerprint density at radius 2 is 1.62 bits per heavy atom. The molecule has 146 valence electrons. The third-order valence-corrected chi connectivity index (χ3v) is 4.84. The van der Waals surface area contributed by atoms with Crippen LogP contribution < -0.4 is 14.8 Å². The highest BCUT2D eigenvalue weighted by Crippen LogP contribution is 2.32. The Bertz CT molecular complexity index is 1210. The van der Waals surface area contributed by atoms with E-state index in [9.17, 15) is 0 Å². The van der Waals surface area contributed by atoms with Crippen molar-refractivity contribution in [3.63, 3.8) is 0 Å². The summed E-state index contributed by atoms with van der Waals surface area (Å²) in [5.74, 6) is 2.07. The molecule has 0 spiro atoms. The summed E-state index contributed by atoms with van der Waals surface area (Å²) in [5.41, 5.74) is 4.04. The molecule has 0 aliphatic rings. The SMILES string of the molecule is COc1ccc(-c2cc(=NCc3ccccc3)c3cc(C)ccc3o2)cc1OC. The van der Waals surface area contributed by atoms with Gasteiger partial charge in [-0.15, -0.1) is 0 Å². The van der Waals surface area contributed by atoms with Gasteiger partial charge in [-0.05, 0) is 42.8 Å². The fourth-order valence-electron chi connectivity index (χ4n) is 3.31. The fraction of sp³-hybridized carbons (Fsp3) is 0.160. The molecule has 0 atom stereocenters. The quantitative estimate of drug-likeness (QED) is 0.454. The highest BCUT2D eigenvalue weighted by Gasteiger charge is 2.10. The summed E-state index contributed by atoms with van der Waals surface area (Å²) in [5, 5.41) is 1.91. The van der Waals surface area contributed by atoms with Crippen molar-refractivity contribution in [2.75, 3.05) is 14.2 Å². The van der Waals surface area contributed by atoms with Crippen LogP contribution >= 0.6 is 0 Å². The van der Waals surface area contributed by atoms with Gasteiger partial charge in [-0.25, -0.2) is 0 Å². The van der Waals surface area contributed by atoms with Crippen LogP contribution in [0.5, 0.6) is 11.5 Å². The van der Waals surface area contributed by atoms with Crippen LogP contribution in [0.15, 0.2) is 82.2 Å². The van der Waals surface area contributed by atoms with Crippen LogP contribution in [0.25, 0.3) is 22.3 Å². The smallest absolute Gasteiger partial charge is 0.161 e. The molecule has 4 aromatic rings. The van der Waals surface area contributed by atoms with E-state index >= 15 is 0 Å². The molecule has 0 radical (unpaired) electrons. The molecule has 3 aromatic carbocycles. The lowest BCUT2D eigenvalue weighted by molar-refractivity contribution is 0.355. The van der Waals surface area contributed by atoms with Gasteiger partial charge < -0.3 is 13.9 Å². The van der Waals surface area contributed by atoms with E-state index in [-0.39, 0.29) is 0 Å². The molecule has 4 nitrogen and oxygen atoms in total. The molecule has 1 heterocycles. The van der Waals surface area contributed by atoms with Crippen molar-refractivity contribution in [2.45, 2.75) is 13.5 Å². The van der Waals surface area contributed by atoms with E-state index in [0.717, 1.165) is 27.7 Å². The van der Waals surface area contributed by atoms with Crippen LogP contribution in [0.1, 0.15) is 11.1 Å². The van der Waals surface area contributed by atoms with Crippen LogP contribution in [-0.4, -0.2) is 14.2 Å². The predicted octanol–water partition coefficient (Wildman–Crippen LogP) is 5.53. The minimum Gasteiger partial charge on any atom is -0.493 e. The fourth-order valence-corrected chi connectivity index (χ4v) is 3.31. The minimum absolute atomic E-state index is 0.610. The molecular weight excluding hydrogens is 362 g/mol. The average molecular weight is 385 g/mol. The molecule has 0 saturated carbocycles. The zero-order chi connectivity index (χ0) is 20.2. The summed E-state index contributed by atoms with van der Waals surface area (Å²) in [6.07, 6.45) is 0. The highest BCUT2D eigenvalue weighted by molar-refractivity contribution is 5.79. The van der Waals surface area contributed by atoms with E-state index in [0.29, 0.717) is 18.0 Å². The standard InChI is InChI=1S/C25H23NO3/c1-17-9-11-22-20(13-17)21(26-16-18-7-5-4-6-8-18)15-24(29-22)19-10-12-23(27-2)25(14-19)28-3/h4-15H,16H2,1-3H3. The summed E-state index contributed by atoms with van der Waals surface area (Å²) in [4.78, 5) is 4.89. The minimum atomic E-state index is 0.610. The van der Waals surface area contributed by atoms with E-state index in [4.69, 9.17) is 18.9 Å². The summed E-state index contributed by atoms with van der Waals surface area (Å²) < 4.78 is 17.0. The first-order valence-corrected chi connectivity index (χ1v) is 9.49. The van der Waals surface area contributed by atoms with Crippen LogP contribution in [0.4, 0.5) is 0 Å². The first-order valence-electron chi connectivity index (χ1n) is 9.49. The third kappa shape index (κ3) is 4.02. The van der Waals surface area contributed by atoms with E-state index in [1.54, 1.807) is 14.2 Å². The van der Waals surface area contributed by atoms with Crippen molar-refractivity contribution >= 4 is 11.0 Å². The highest BCUT2D eigenvalue weighted by atomic mass is 16.5. The van der Waals surface area contributed by atoms with Crippen LogP contribution in [-0.2, 0) is 6.54 Å². The molecule has 4 heteroatoms. The maximum atomic E-state index is 6.21. The zero-order valence-corrected chi connectivity index (χ0v) is 16.8. The summed E-state index contributed by atoms with van der Waals surface area (Å²) in [6.45, 7) is 2.68. The Labute approximate surface area is 170 Å². The Morgan fingerprint density at radius 1 is 0.828 bits per heavy atom. The van der Waals surface area contributed by atoms with Gasteiger partial charge in [0.2, 0.25) is 0 Å². The van der Waals surface area contributed by atoms with Gasteiger partial charge in [0.05, 0.1) is 26.1 Å². The Balaban J connectivity index is 1.87. The molecule has 0 fully saturated rings. The van der Waals surface area contributed by atoms with Gasteiger partial charge in [-0.3, -0.25) is 4.99 Å². The molecule has 0 unspecified atom stereocenters. The molecule has 4 rings (SSSR count). The third-order valence-electron chi connectivity index (χ3n) is 4.84. The number of rotatable bonds is 5. The van der Waals surface area contributed by atoms with Gasteiger partial charge in [-0.1, -0.05) is 42.0 Å². The van der Waals surface area contributed by atoms with E-state index in [2.05, 4.69) is 25.1 Å². The molecule has 0 amide bonds. The number of benzene rings is 3. The van der Waals surface area contributed by atoms with Crippen molar-refractivity contribution in [1.82, 2.24) is 0 Å². The number of hydrogen-bond donors (Lipinski definition) is 0. The van der Waals surface area contributed by atoms with Crippen molar-refractivity contribution < 1.29 is 13.9 Å². The molecule has 0 aliphatic heterocycles. The maximum absolute atomic E-state index is 6.21. The molecule has 29 heavy (non-hydrogen) atoms. The van der Waals surface area contributed by atoms with Crippen molar-refractivity contribution in [3.05, 3.63) is 89.3 Å². The van der Waals surface area contributed by atoms with Gasteiger partial charge in [0.25, 0.3) is 0 Å². The summed E-state index contributed by atoms with van der Waals surface area (Å²) in [6, 6.07) is 24.1. The topological polar surface area (TPSA) is 44.0 Å². The largest absolute Gasteiger partial charge is 0.493 e. The second kappa shape index (κ2) is 8.23. The van der Waals surface area contributed by atoms with Crippen LogP contribution in [0, 0.1) is 6.92 Å². The molecule has 0 aliphatic carbocycles. The lowest BCUT2D eigenvalue weighted by Gasteiger charge is -2.10. The number of nitrogens with zero attached hydrogens (tertiary/aromatic N) is 1. The first kappa shape index (κ1) is 18.8. The van der Waals surface area contributed by atoms with Gasteiger partial charge in [0, 0.05) is 17.0 Å². The van der Waals surface area contributed by atoms with Gasteiger partial charge in [-0.2, -0.15) is 0 Å². The first-order chi connectivity index (χ1) is 14.2. The summed E-state index contributed by atoms with van der Waals surface area (Å²) >= 11 is 0. The van der Waals surface area contributed by atoms with Crippen LogP contribution in [0.2, 0.25) is 0 Å². The molecule has 0 saturated heterocycles. The number of ether oxygens (including phenoxy) is 2. The molecular formula is C25H23NO3. The van der Waals surface area contributed by atoms with Crippen LogP contribution in [0.3, 0.4) is 0 Å². The van der Waals surface area contributed by atoms with Crippen molar-refractivity contribution in [3.8, 4) is 22.8 Å². The Kier molecular flexibility index (Phi) is 5.34. The second-order valence-electron chi connectivity index (χ2n) is 6.87. The number of hydrogen-bond acceptors (Lipinski definition) is 4. The Morgan fingerprint density at radius 3 is 2.38 bits per heavy atom. The Hall–Kier alpha value is -3.53. The summed E-state index contributed by atoms with van der Waals surface area (Å²) in [7, 11) is 3.25. The monoisotopic (exact) mass is 385 g/mol. The lowest BCUT2D eigenvalue weighted by Crippen LogP contribution is -2.05.